The molecule has 0 saturated carbocycles. The number of hydrogen-bond acceptors (Lipinski definition) is 12. The van der Waals surface area contributed by atoms with Crippen molar-refractivity contribution < 1.29 is 19.2 Å². The van der Waals surface area contributed by atoms with Crippen LogP contribution in [0.5, 0.6) is 0 Å². The molecule has 4 aromatic rings. The Morgan fingerprint density at radius 1 is 0.404 bits per heavy atom. The first-order valence-corrected chi connectivity index (χ1v) is 20.9. The molecule has 4 atom stereocenters. The van der Waals surface area contributed by atoms with Gasteiger partial charge in [0.15, 0.2) is 0 Å². The molecule has 0 radical (unpaired) electrons. The number of thiazole rings is 4. The lowest BCUT2D eigenvalue weighted by atomic mass is 10.0. The van der Waals surface area contributed by atoms with E-state index in [9.17, 15) is 19.2 Å². The highest BCUT2D eigenvalue weighted by Crippen LogP contribution is 2.37. The SMILES string of the molecule is CC(C)[C@H]1c2nc(cs2)C(=O)N(C)[C@@H](C(C)C)c2nc(cs2)C(=O)N(C)[C@@H](C(C)C)c2nc(cs2)C(=O)N(C)[C@@H](C(C)C)c2nc(cs2)C(=O)N1C. The van der Waals surface area contributed by atoms with E-state index in [-0.39, 0.29) is 70.1 Å². The quantitative estimate of drug-likeness (QED) is 0.206. The van der Waals surface area contributed by atoms with Gasteiger partial charge in [0, 0.05) is 49.7 Å². The van der Waals surface area contributed by atoms with Crippen LogP contribution in [0, 0.1) is 23.7 Å². The van der Waals surface area contributed by atoms with E-state index in [0.29, 0.717) is 20.0 Å². The second-order valence-corrected chi connectivity index (χ2v) is 18.3. The van der Waals surface area contributed by atoms with Crippen molar-refractivity contribution in [2.24, 2.45) is 23.7 Å². The predicted octanol–water partition coefficient (Wildman–Crippen LogP) is 7.70. The summed E-state index contributed by atoms with van der Waals surface area (Å²) >= 11 is 5.38. The van der Waals surface area contributed by atoms with E-state index in [1.54, 1.807) is 69.3 Å². The summed E-state index contributed by atoms with van der Waals surface area (Å²) in [6.45, 7) is 16.1. The molecule has 8 bridgehead atoms. The third-order valence-corrected chi connectivity index (χ3v) is 13.1. The third kappa shape index (κ3) is 7.57. The standard InChI is InChI=1S/C36H48N8O4S4/c1-17(2)25-29-37-22(13-49-29)34(46)42(10)27(19(5)6)31-39-24(15-51-31)36(48)44(12)28(20(7)8)32-40-23(16-52-32)35(47)43(11)26(18(3)4)30-38-21(14-50-30)33(45)41(25)9/h13-20,25-28H,1-12H3/t25-,26-,27-,28-/m0/s1. The number of aromatic nitrogens is 4. The lowest BCUT2D eigenvalue weighted by Gasteiger charge is -2.31. The van der Waals surface area contributed by atoms with Gasteiger partial charge in [-0.15, -0.1) is 45.3 Å². The molecule has 0 spiro atoms. The van der Waals surface area contributed by atoms with E-state index in [2.05, 4.69) is 0 Å². The molecular weight excluding hydrogens is 737 g/mol. The van der Waals surface area contributed by atoms with E-state index in [0.717, 1.165) is 0 Å². The van der Waals surface area contributed by atoms with Crippen molar-refractivity contribution in [1.29, 1.82) is 0 Å². The highest BCUT2D eigenvalue weighted by atomic mass is 32.1. The Kier molecular flexibility index (Phi) is 12.0. The Morgan fingerprint density at radius 2 is 0.577 bits per heavy atom. The van der Waals surface area contributed by atoms with Gasteiger partial charge in [-0.2, -0.15) is 0 Å². The van der Waals surface area contributed by atoms with E-state index >= 15 is 0 Å². The van der Waals surface area contributed by atoms with Crippen LogP contribution in [0.3, 0.4) is 0 Å². The molecule has 0 N–H and O–H groups in total. The van der Waals surface area contributed by atoms with Crippen LogP contribution < -0.4 is 0 Å². The van der Waals surface area contributed by atoms with Gasteiger partial charge in [-0.25, -0.2) is 19.9 Å². The molecule has 52 heavy (non-hydrogen) atoms. The molecule has 1 aliphatic heterocycles. The summed E-state index contributed by atoms with van der Waals surface area (Å²) in [5, 5.41) is 9.54. The fraction of sp³-hybridized carbons (Fsp3) is 0.556. The predicted molar refractivity (Wildman–Crippen MR) is 207 cm³/mol. The summed E-state index contributed by atoms with van der Waals surface area (Å²) < 4.78 is 0. The van der Waals surface area contributed by atoms with Gasteiger partial charge in [0.05, 0.1) is 24.2 Å². The van der Waals surface area contributed by atoms with Crippen LogP contribution in [-0.2, 0) is 0 Å². The lowest BCUT2D eigenvalue weighted by Crippen LogP contribution is -2.36. The van der Waals surface area contributed by atoms with Gasteiger partial charge in [-0.3, -0.25) is 19.2 Å². The summed E-state index contributed by atoms with van der Waals surface area (Å²) in [6.07, 6.45) is 0. The zero-order chi connectivity index (χ0) is 38.3. The summed E-state index contributed by atoms with van der Waals surface area (Å²) in [4.78, 5) is 81.7. The van der Waals surface area contributed by atoms with Crippen LogP contribution in [0.2, 0.25) is 0 Å². The van der Waals surface area contributed by atoms with Gasteiger partial charge in [0.25, 0.3) is 23.6 Å². The van der Waals surface area contributed by atoms with E-state index in [1.807, 2.05) is 55.4 Å². The van der Waals surface area contributed by atoms with Crippen LogP contribution >= 0.6 is 45.3 Å². The minimum Gasteiger partial charge on any atom is -0.331 e. The average Bonchev–Trinajstić information content (AvgIpc) is 3.91. The van der Waals surface area contributed by atoms with E-state index in [1.165, 1.54) is 45.3 Å². The van der Waals surface area contributed by atoms with Crippen molar-refractivity contribution >= 4 is 69.0 Å². The zero-order valence-electron chi connectivity index (χ0n) is 31.8. The number of fused-ring (bicyclic) bond motifs is 8. The summed E-state index contributed by atoms with van der Waals surface area (Å²) in [5.41, 5.74) is 1.14. The van der Waals surface area contributed by atoms with Crippen molar-refractivity contribution in [3.8, 4) is 0 Å². The maximum Gasteiger partial charge on any atom is 0.273 e. The molecule has 0 fully saturated rings. The average molecular weight is 785 g/mol. The molecule has 1 aliphatic rings. The van der Waals surface area contributed by atoms with Gasteiger partial charge >= 0.3 is 0 Å². The summed E-state index contributed by atoms with van der Waals surface area (Å²) in [5.74, 6) is -1.15. The highest BCUT2D eigenvalue weighted by molar-refractivity contribution is 7.10. The second kappa shape index (κ2) is 15.8. The molecule has 0 aromatic carbocycles. The summed E-state index contributed by atoms with van der Waals surface area (Å²) in [7, 11) is 6.94. The third-order valence-electron chi connectivity index (χ3n) is 9.45. The van der Waals surface area contributed by atoms with Crippen LogP contribution in [0.15, 0.2) is 21.5 Å². The topological polar surface area (TPSA) is 133 Å². The minimum absolute atomic E-state index is 0.0178. The van der Waals surface area contributed by atoms with Crippen molar-refractivity contribution in [3.05, 3.63) is 64.3 Å². The fourth-order valence-corrected chi connectivity index (χ4v) is 11.3. The molecule has 5 heterocycles. The van der Waals surface area contributed by atoms with Crippen molar-refractivity contribution in [2.75, 3.05) is 28.2 Å². The van der Waals surface area contributed by atoms with E-state index in [4.69, 9.17) is 19.9 Å². The Labute approximate surface area is 321 Å². The molecule has 16 heteroatoms. The monoisotopic (exact) mass is 784 g/mol. The maximum absolute atomic E-state index is 14.0. The Morgan fingerprint density at radius 3 is 0.731 bits per heavy atom. The molecule has 0 aliphatic carbocycles. The van der Waals surface area contributed by atoms with Crippen molar-refractivity contribution in [2.45, 2.75) is 79.6 Å². The van der Waals surface area contributed by atoms with Crippen LogP contribution in [-0.4, -0.2) is 91.4 Å². The molecule has 4 aromatic heterocycles. The normalized spacial score (nSPS) is 21.4. The number of carbonyl (C=O) groups is 4. The molecule has 280 valence electrons. The second-order valence-electron chi connectivity index (χ2n) is 14.7. The largest absolute Gasteiger partial charge is 0.331 e. The van der Waals surface area contributed by atoms with Crippen molar-refractivity contribution in [3.63, 3.8) is 0 Å². The zero-order valence-corrected chi connectivity index (χ0v) is 35.0. The number of amides is 4. The fourth-order valence-electron chi connectivity index (χ4n) is 6.91. The first-order chi connectivity index (χ1) is 24.4. The minimum atomic E-state index is -0.413. The molecule has 5 rings (SSSR count). The number of hydrogen-bond donors (Lipinski definition) is 0. The van der Waals surface area contributed by atoms with Crippen LogP contribution in [0.25, 0.3) is 0 Å². The summed E-state index contributed by atoms with van der Waals surface area (Å²) in [6, 6.07) is -1.65. The van der Waals surface area contributed by atoms with Crippen LogP contribution in [0.1, 0.15) is 142 Å². The first kappa shape index (κ1) is 39.6. The van der Waals surface area contributed by atoms with Gasteiger partial charge in [0.2, 0.25) is 0 Å². The smallest absolute Gasteiger partial charge is 0.273 e. The number of rotatable bonds is 4. The number of nitrogens with zero attached hydrogens (tertiary/aromatic N) is 8. The lowest BCUT2D eigenvalue weighted by molar-refractivity contribution is 0.0675. The van der Waals surface area contributed by atoms with Gasteiger partial charge < -0.3 is 19.6 Å². The molecule has 0 saturated heterocycles. The molecule has 4 amide bonds. The molecule has 12 nitrogen and oxygen atoms in total. The Bertz CT molecular complexity index is 1650. The van der Waals surface area contributed by atoms with E-state index < -0.39 is 24.2 Å². The molecular formula is C36H48N8O4S4. The van der Waals surface area contributed by atoms with Gasteiger partial charge in [0.1, 0.15) is 42.8 Å². The Balaban J connectivity index is 1.63. The highest BCUT2D eigenvalue weighted by Gasteiger charge is 2.36. The number of carbonyl (C=O) groups excluding carboxylic acids is 4. The first-order valence-electron chi connectivity index (χ1n) is 17.3. The van der Waals surface area contributed by atoms with Crippen LogP contribution in [0.4, 0.5) is 0 Å². The molecule has 0 unspecified atom stereocenters. The van der Waals surface area contributed by atoms with Gasteiger partial charge in [-0.05, 0) is 23.7 Å². The van der Waals surface area contributed by atoms with Gasteiger partial charge in [-0.1, -0.05) is 55.4 Å². The Hall–Kier alpha value is -3.60. The maximum atomic E-state index is 14.0. The van der Waals surface area contributed by atoms with Crippen molar-refractivity contribution in [1.82, 2.24) is 39.5 Å².